The van der Waals surface area contributed by atoms with Gasteiger partial charge in [-0.2, -0.15) is 0 Å². The van der Waals surface area contributed by atoms with Crippen LogP contribution in [0.15, 0.2) is 12.1 Å². The Morgan fingerprint density at radius 2 is 1.62 bits per heavy atom. The number of hydrogen-bond acceptors (Lipinski definition) is 4. The Labute approximate surface area is 128 Å². The van der Waals surface area contributed by atoms with Gasteiger partial charge in [0.15, 0.2) is 0 Å². The van der Waals surface area contributed by atoms with Crippen LogP contribution in [0.3, 0.4) is 0 Å². The number of aryl methyl sites for hydroxylation is 1. The van der Waals surface area contributed by atoms with Crippen molar-refractivity contribution in [3.8, 4) is 5.75 Å². The Kier molecular flexibility index (Phi) is 4.02. The van der Waals surface area contributed by atoms with E-state index in [-0.39, 0.29) is 17.3 Å². The maximum atomic E-state index is 6.11. The maximum Gasteiger partial charge on any atom is 0.495 e. The van der Waals surface area contributed by atoms with E-state index in [9.17, 15) is 0 Å². The predicted octanol–water partition coefficient (Wildman–Crippen LogP) is 2.66. The molecule has 5 heteroatoms. The third-order valence-electron chi connectivity index (χ3n) is 4.27. The smallest absolute Gasteiger partial charge is 0.489 e. The molecule has 1 aliphatic heterocycles. The highest BCUT2D eigenvalue weighted by Gasteiger charge is 2.52. The Bertz CT molecular complexity index is 525. The molecule has 0 saturated carbocycles. The van der Waals surface area contributed by atoms with Crippen LogP contribution >= 0.6 is 0 Å². The standard InChI is InChI=1S/C16H26BNO3/c1-10(2)19-14-9-12(11(3)8-13(14)18)17-20-15(4,5)16(6,7)21-17/h8-10H,18H2,1-7H3. The average Bonchev–Trinajstić information content (AvgIpc) is 2.51. The van der Waals surface area contributed by atoms with Gasteiger partial charge in [0.1, 0.15) is 5.75 Å². The van der Waals surface area contributed by atoms with E-state index in [1.807, 2.05) is 60.6 Å². The van der Waals surface area contributed by atoms with Gasteiger partial charge in [0.25, 0.3) is 0 Å². The monoisotopic (exact) mass is 291 g/mol. The second-order valence-corrected chi connectivity index (χ2v) is 7.00. The number of nitrogen functional groups attached to an aromatic ring is 1. The molecule has 116 valence electrons. The van der Waals surface area contributed by atoms with Crippen molar-refractivity contribution < 1.29 is 14.0 Å². The van der Waals surface area contributed by atoms with Gasteiger partial charge >= 0.3 is 7.12 Å². The van der Waals surface area contributed by atoms with Gasteiger partial charge in [-0.1, -0.05) is 0 Å². The number of ether oxygens (including phenoxy) is 1. The van der Waals surface area contributed by atoms with Gasteiger partial charge in [-0.05, 0) is 71.6 Å². The minimum absolute atomic E-state index is 0.0705. The van der Waals surface area contributed by atoms with E-state index >= 15 is 0 Å². The molecule has 1 aliphatic rings. The summed E-state index contributed by atoms with van der Waals surface area (Å²) in [5, 5.41) is 0. The first-order valence-electron chi connectivity index (χ1n) is 7.46. The number of benzene rings is 1. The Balaban J connectivity index is 2.37. The lowest BCUT2D eigenvalue weighted by atomic mass is 9.76. The Morgan fingerprint density at radius 3 is 2.10 bits per heavy atom. The third kappa shape index (κ3) is 3.04. The molecule has 0 bridgehead atoms. The van der Waals surface area contributed by atoms with Crippen LogP contribution < -0.4 is 15.9 Å². The molecule has 0 unspecified atom stereocenters. The molecule has 2 N–H and O–H groups in total. The molecule has 0 atom stereocenters. The van der Waals surface area contributed by atoms with Crippen molar-refractivity contribution in [2.45, 2.75) is 65.8 Å². The number of anilines is 1. The first kappa shape index (κ1) is 16.2. The van der Waals surface area contributed by atoms with E-state index in [1.165, 1.54) is 0 Å². The second kappa shape index (κ2) is 5.22. The highest BCUT2D eigenvalue weighted by atomic mass is 16.7. The van der Waals surface area contributed by atoms with Crippen LogP contribution in [0.1, 0.15) is 47.1 Å². The van der Waals surface area contributed by atoms with Gasteiger partial charge in [0.05, 0.1) is 23.0 Å². The maximum absolute atomic E-state index is 6.11. The first-order valence-corrected chi connectivity index (χ1v) is 7.46. The highest BCUT2D eigenvalue weighted by Crippen LogP contribution is 2.37. The molecule has 1 fully saturated rings. The number of nitrogens with two attached hydrogens (primary N) is 1. The molecule has 0 aromatic heterocycles. The van der Waals surface area contributed by atoms with E-state index in [2.05, 4.69) is 0 Å². The van der Waals surface area contributed by atoms with Crippen LogP contribution in [0.4, 0.5) is 5.69 Å². The molecule has 0 spiro atoms. The molecule has 0 radical (unpaired) electrons. The summed E-state index contributed by atoms with van der Waals surface area (Å²) in [4.78, 5) is 0. The van der Waals surface area contributed by atoms with E-state index < -0.39 is 7.12 Å². The van der Waals surface area contributed by atoms with Crippen molar-refractivity contribution in [2.75, 3.05) is 5.73 Å². The minimum Gasteiger partial charge on any atom is -0.489 e. The van der Waals surface area contributed by atoms with E-state index in [4.69, 9.17) is 19.8 Å². The molecule has 1 saturated heterocycles. The summed E-state index contributed by atoms with van der Waals surface area (Å²) >= 11 is 0. The summed E-state index contributed by atoms with van der Waals surface area (Å²) in [7, 11) is -0.398. The van der Waals surface area contributed by atoms with Crippen molar-refractivity contribution in [3.63, 3.8) is 0 Å². The predicted molar refractivity (Wildman–Crippen MR) is 87.1 cm³/mol. The van der Waals surface area contributed by atoms with Gasteiger partial charge in [0, 0.05) is 0 Å². The lowest BCUT2D eigenvalue weighted by molar-refractivity contribution is 0.00578. The van der Waals surface area contributed by atoms with Crippen LogP contribution in [0, 0.1) is 6.92 Å². The van der Waals surface area contributed by atoms with E-state index in [0.717, 1.165) is 11.0 Å². The molecule has 0 amide bonds. The van der Waals surface area contributed by atoms with Crippen LogP contribution in [-0.4, -0.2) is 24.4 Å². The van der Waals surface area contributed by atoms with Crippen molar-refractivity contribution in [1.29, 1.82) is 0 Å². The molecular weight excluding hydrogens is 265 g/mol. The van der Waals surface area contributed by atoms with Crippen molar-refractivity contribution in [2.24, 2.45) is 0 Å². The summed E-state index contributed by atoms with van der Waals surface area (Å²) in [6, 6.07) is 3.85. The van der Waals surface area contributed by atoms with Gasteiger partial charge in [-0.3, -0.25) is 0 Å². The van der Waals surface area contributed by atoms with E-state index in [0.29, 0.717) is 11.4 Å². The molecule has 0 aliphatic carbocycles. The Morgan fingerprint density at radius 1 is 1.10 bits per heavy atom. The molecule has 1 heterocycles. The normalized spacial score (nSPS) is 20.1. The summed E-state index contributed by atoms with van der Waals surface area (Å²) in [6.07, 6.45) is 0.0705. The van der Waals surface area contributed by atoms with Crippen LogP contribution in [0.25, 0.3) is 0 Å². The third-order valence-corrected chi connectivity index (χ3v) is 4.27. The van der Waals surface area contributed by atoms with Crippen LogP contribution in [-0.2, 0) is 9.31 Å². The molecule has 21 heavy (non-hydrogen) atoms. The minimum atomic E-state index is -0.398. The molecule has 4 nitrogen and oxygen atoms in total. The highest BCUT2D eigenvalue weighted by molar-refractivity contribution is 6.62. The van der Waals surface area contributed by atoms with Crippen molar-refractivity contribution in [3.05, 3.63) is 17.7 Å². The summed E-state index contributed by atoms with van der Waals surface area (Å²) < 4.78 is 18.0. The first-order chi connectivity index (χ1) is 9.53. The fourth-order valence-electron chi connectivity index (χ4n) is 2.31. The van der Waals surface area contributed by atoms with E-state index in [1.54, 1.807) is 0 Å². The van der Waals surface area contributed by atoms with Crippen molar-refractivity contribution >= 4 is 18.3 Å². The topological polar surface area (TPSA) is 53.7 Å². The van der Waals surface area contributed by atoms with Gasteiger partial charge in [0.2, 0.25) is 0 Å². The SMILES string of the molecule is Cc1cc(N)c(OC(C)C)cc1B1OC(C)(C)C(C)(C)O1. The van der Waals surface area contributed by atoms with Crippen molar-refractivity contribution in [1.82, 2.24) is 0 Å². The fraction of sp³-hybridized carbons (Fsp3) is 0.625. The summed E-state index contributed by atoms with van der Waals surface area (Å²) in [5.41, 5.74) is 7.98. The molecule has 2 rings (SSSR count). The lowest BCUT2D eigenvalue weighted by Crippen LogP contribution is -2.41. The Hall–Kier alpha value is -1.20. The molecule has 1 aromatic carbocycles. The quantitative estimate of drug-likeness (QED) is 0.687. The zero-order valence-corrected chi connectivity index (χ0v) is 14.1. The molecular formula is C16H26BNO3. The summed E-state index contributed by atoms with van der Waals surface area (Å²) in [5.74, 6) is 0.681. The number of hydrogen-bond donors (Lipinski definition) is 1. The largest absolute Gasteiger partial charge is 0.495 e. The second-order valence-electron chi connectivity index (χ2n) is 7.00. The lowest BCUT2D eigenvalue weighted by Gasteiger charge is -2.32. The van der Waals surface area contributed by atoms with Gasteiger partial charge < -0.3 is 19.8 Å². The van der Waals surface area contributed by atoms with Crippen LogP contribution in [0.2, 0.25) is 0 Å². The average molecular weight is 291 g/mol. The zero-order chi connectivity index (χ0) is 16.0. The molecule has 1 aromatic rings. The zero-order valence-electron chi connectivity index (χ0n) is 14.1. The number of rotatable bonds is 3. The summed E-state index contributed by atoms with van der Waals surface area (Å²) in [6.45, 7) is 14.2. The van der Waals surface area contributed by atoms with Gasteiger partial charge in [-0.25, -0.2) is 0 Å². The van der Waals surface area contributed by atoms with Gasteiger partial charge in [-0.15, -0.1) is 0 Å². The fourth-order valence-corrected chi connectivity index (χ4v) is 2.31. The van der Waals surface area contributed by atoms with Crippen LogP contribution in [0.5, 0.6) is 5.75 Å².